The summed E-state index contributed by atoms with van der Waals surface area (Å²) in [7, 11) is -3.48. The minimum Gasteiger partial charge on any atom is -0.376 e. The van der Waals surface area contributed by atoms with Crippen molar-refractivity contribution < 1.29 is 18.0 Å². The minimum atomic E-state index is -3.48. The molecule has 1 saturated heterocycles. The van der Waals surface area contributed by atoms with E-state index in [2.05, 4.69) is 10.6 Å². The number of piperidine rings is 1. The molecule has 0 radical (unpaired) electrons. The smallest absolute Gasteiger partial charge is 0.243 e. The van der Waals surface area contributed by atoms with Crippen molar-refractivity contribution in [1.29, 1.82) is 0 Å². The number of nitrogens with zero attached hydrogens (tertiary/aromatic N) is 1. The van der Waals surface area contributed by atoms with Crippen molar-refractivity contribution in [3.8, 4) is 0 Å². The Morgan fingerprint density at radius 3 is 2.07 bits per heavy atom. The van der Waals surface area contributed by atoms with Gasteiger partial charge in [-0.3, -0.25) is 9.59 Å². The van der Waals surface area contributed by atoms with Gasteiger partial charge in [0.05, 0.1) is 11.4 Å². The van der Waals surface area contributed by atoms with Crippen molar-refractivity contribution in [2.24, 2.45) is 0 Å². The highest BCUT2D eigenvalue weighted by Gasteiger charge is 2.25. The highest BCUT2D eigenvalue weighted by atomic mass is 32.2. The monoisotopic (exact) mass is 415 g/mol. The van der Waals surface area contributed by atoms with Gasteiger partial charge in [-0.2, -0.15) is 4.31 Å². The zero-order valence-corrected chi connectivity index (χ0v) is 17.2. The first-order chi connectivity index (χ1) is 13.9. The van der Waals surface area contributed by atoms with Crippen LogP contribution in [0.4, 0.5) is 11.4 Å². The van der Waals surface area contributed by atoms with Gasteiger partial charge in [0, 0.05) is 30.0 Å². The van der Waals surface area contributed by atoms with Crippen LogP contribution in [0.1, 0.15) is 36.5 Å². The topological polar surface area (TPSA) is 95.6 Å². The average molecular weight is 416 g/mol. The Morgan fingerprint density at radius 1 is 0.897 bits per heavy atom. The molecule has 1 heterocycles. The van der Waals surface area contributed by atoms with E-state index in [0.29, 0.717) is 24.3 Å². The van der Waals surface area contributed by atoms with E-state index >= 15 is 0 Å². The van der Waals surface area contributed by atoms with Crippen molar-refractivity contribution in [1.82, 2.24) is 4.31 Å². The van der Waals surface area contributed by atoms with E-state index in [1.807, 2.05) is 0 Å². The number of carbonyl (C=O) groups is 2. The van der Waals surface area contributed by atoms with Crippen molar-refractivity contribution >= 4 is 33.1 Å². The molecular weight excluding hydrogens is 390 g/mol. The zero-order chi connectivity index (χ0) is 20.9. The van der Waals surface area contributed by atoms with Crippen LogP contribution in [0.15, 0.2) is 53.4 Å². The number of carbonyl (C=O) groups excluding carboxylic acids is 2. The van der Waals surface area contributed by atoms with Crippen LogP contribution in [0.5, 0.6) is 0 Å². The van der Waals surface area contributed by atoms with Crippen molar-refractivity contribution in [3.05, 3.63) is 54.1 Å². The lowest BCUT2D eigenvalue weighted by molar-refractivity contribution is -0.114. The molecule has 2 N–H and O–H groups in total. The van der Waals surface area contributed by atoms with E-state index in [1.165, 1.54) is 23.4 Å². The molecule has 8 heteroatoms. The second kappa shape index (κ2) is 9.19. The average Bonchev–Trinajstić information content (AvgIpc) is 2.73. The first-order valence-corrected chi connectivity index (χ1v) is 11.1. The number of Topliss-reactive ketones (excluding diaryl/α,β-unsaturated/α-hetero) is 1. The summed E-state index contributed by atoms with van der Waals surface area (Å²) in [5.74, 6) is -0.271. The van der Waals surface area contributed by atoms with Crippen molar-refractivity contribution in [2.45, 2.75) is 31.1 Å². The van der Waals surface area contributed by atoms with Crippen LogP contribution in [-0.4, -0.2) is 44.0 Å². The summed E-state index contributed by atoms with van der Waals surface area (Å²) in [4.78, 5) is 23.6. The lowest BCUT2D eigenvalue weighted by Crippen LogP contribution is -2.35. The predicted octanol–water partition coefficient (Wildman–Crippen LogP) is 3.11. The number of hydrogen-bond acceptors (Lipinski definition) is 5. The Morgan fingerprint density at radius 2 is 1.48 bits per heavy atom. The molecule has 0 bridgehead atoms. The molecule has 29 heavy (non-hydrogen) atoms. The molecule has 1 aliphatic heterocycles. The first kappa shape index (κ1) is 21.0. The Kier molecular flexibility index (Phi) is 6.66. The van der Waals surface area contributed by atoms with Crippen LogP contribution in [0, 0.1) is 0 Å². The molecule has 3 rings (SSSR count). The number of ketones is 1. The molecule has 0 aliphatic carbocycles. The number of sulfonamides is 1. The number of benzene rings is 2. The van der Waals surface area contributed by atoms with Gasteiger partial charge in [-0.1, -0.05) is 6.42 Å². The van der Waals surface area contributed by atoms with E-state index in [0.717, 1.165) is 24.9 Å². The second-order valence-electron chi connectivity index (χ2n) is 7.02. The predicted molar refractivity (Wildman–Crippen MR) is 113 cm³/mol. The van der Waals surface area contributed by atoms with Gasteiger partial charge in [-0.15, -0.1) is 0 Å². The van der Waals surface area contributed by atoms with Gasteiger partial charge in [-0.05, 0) is 68.3 Å². The number of rotatable bonds is 7. The highest BCUT2D eigenvalue weighted by molar-refractivity contribution is 7.89. The van der Waals surface area contributed by atoms with Gasteiger partial charge in [0.2, 0.25) is 15.9 Å². The van der Waals surface area contributed by atoms with E-state index in [-0.39, 0.29) is 23.1 Å². The lowest BCUT2D eigenvalue weighted by Gasteiger charge is -2.25. The molecule has 0 aromatic heterocycles. The third kappa shape index (κ3) is 5.42. The summed E-state index contributed by atoms with van der Waals surface area (Å²) in [6, 6.07) is 13.1. The Bertz CT molecular complexity index is 964. The fraction of sp³-hybridized carbons (Fsp3) is 0.333. The third-order valence-corrected chi connectivity index (χ3v) is 6.75. The fourth-order valence-electron chi connectivity index (χ4n) is 3.17. The lowest BCUT2D eigenvalue weighted by atomic mass is 10.1. The van der Waals surface area contributed by atoms with Crippen LogP contribution in [-0.2, 0) is 14.8 Å². The Balaban J connectivity index is 1.55. The van der Waals surface area contributed by atoms with Crippen LogP contribution in [0.3, 0.4) is 0 Å². The summed E-state index contributed by atoms with van der Waals surface area (Å²) in [6.45, 7) is 2.66. The van der Waals surface area contributed by atoms with Gasteiger partial charge in [0.25, 0.3) is 0 Å². The summed E-state index contributed by atoms with van der Waals surface area (Å²) < 4.78 is 26.8. The largest absolute Gasteiger partial charge is 0.376 e. The van der Waals surface area contributed by atoms with Crippen LogP contribution in [0.2, 0.25) is 0 Å². The molecule has 7 nitrogen and oxygen atoms in total. The summed E-state index contributed by atoms with van der Waals surface area (Å²) in [5.41, 5.74) is 1.87. The van der Waals surface area contributed by atoms with E-state index < -0.39 is 10.0 Å². The second-order valence-corrected chi connectivity index (χ2v) is 8.96. The standard InChI is InChI=1S/C21H25N3O4S/c1-16(25)17-5-7-18(8-6-17)22-15-21(26)23-19-9-11-20(12-10-19)29(27,28)24-13-3-2-4-14-24/h5-12,22H,2-4,13-15H2,1H3,(H,23,26). The maximum atomic E-state index is 12.7. The highest BCUT2D eigenvalue weighted by Crippen LogP contribution is 2.22. The summed E-state index contributed by atoms with van der Waals surface area (Å²) in [6.07, 6.45) is 2.83. The maximum absolute atomic E-state index is 12.7. The third-order valence-electron chi connectivity index (χ3n) is 4.84. The molecule has 0 atom stereocenters. The molecule has 0 unspecified atom stereocenters. The molecule has 1 amide bonds. The summed E-state index contributed by atoms with van der Waals surface area (Å²) >= 11 is 0. The van der Waals surface area contributed by atoms with E-state index in [9.17, 15) is 18.0 Å². The van der Waals surface area contributed by atoms with Gasteiger partial charge in [-0.25, -0.2) is 8.42 Å². The zero-order valence-electron chi connectivity index (χ0n) is 16.3. The van der Waals surface area contributed by atoms with Crippen molar-refractivity contribution in [2.75, 3.05) is 30.3 Å². The van der Waals surface area contributed by atoms with Gasteiger partial charge in [0.1, 0.15) is 0 Å². The normalized spacial score (nSPS) is 14.9. The number of hydrogen-bond donors (Lipinski definition) is 2. The molecular formula is C21H25N3O4S. The number of nitrogens with one attached hydrogen (secondary N) is 2. The molecule has 2 aromatic carbocycles. The maximum Gasteiger partial charge on any atom is 0.243 e. The summed E-state index contributed by atoms with van der Waals surface area (Å²) in [5, 5.41) is 5.72. The minimum absolute atomic E-state index is 0.0139. The van der Waals surface area contributed by atoms with Crippen molar-refractivity contribution in [3.63, 3.8) is 0 Å². The molecule has 154 valence electrons. The number of amides is 1. The first-order valence-electron chi connectivity index (χ1n) is 9.61. The van der Waals surface area contributed by atoms with Gasteiger partial charge < -0.3 is 10.6 Å². The van der Waals surface area contributed by atoms with Crippen LogP contribution >= 0.6 is 0 Å². The van der Waals surface area contributed by atoms with Crippen LogP contribution in [0.25, 0.3) is 0 Å². The van der Waals surface area contributed by atoms with Crippen LogP contribution < -0.4 is 10.6 Å². The molecule has 1 aliphatic rings. The SMILES string of the molecule is CC(=O)c1ccc(NCC(=O)Nc2ccc(S(=O)(=O)N3CCCCC3)cc2)cc1. The molecule has 0 spiro atoms. The Labute approximate surface area is 171 Å². The Hall–Kier alpha value is -2.71. The number of anilines is 2. The van der Waals surface area contributed by atoms with E-state index in [4.69, 9.17) is 0 Å². The van der Waals surface area contributed by atoms with Gasteiger partial charge >= 0.3 is 0 Å². The molecule has 0 saturated carbocycles. The quantitative estimate of drug-likeness (QED) is 0.678. The van der Waals surface area contributed by atoms with Gasteiger partial charge in [0.15, 0.2) is 5.78 Å². The fourth-order valence-corrected chi connectivity index (χ4v) is 4.69. The van der Waals surface area contributed by atoms with E-state index in [1.54, 1.807) is 36.4 Å². The molecule has 2 aromatic rings. The molecule has 1 fully saturated rings.